The summed E-state index contributed by atoms with van der Waals surface area (Å²) in [6, 6.07) is 27.0. The van der Waals surface area contributed by atoms with Gasteiger partial charge in [-0.05, 0) is 65.1 Å². The van der Waals surface area contributed by atoms with Gasteiger partial charge in [0.05, 0.1) is 4.92 Å². The Morgan fingerprint density at radius 3 is 1.31 bits per heavy atom. The van der Waals surface area contributed by atoms with Crippen LogP contribution >= 0.6 is 0 Å². The van der Waals surface area contributed by atoms with Crippen molar-refractivity contribution < 1.29 is 20.2 Å². The quantitative estimate of drug-likeness (QED) is 0.220. The van der Waals surface area contributed by atoms with Gasteiger partial charge in [-0.25, -0.2) is 0 Å². The van der Waals surface area contributed by atoms with Gasteiger partial charge in [-0.3, -0.25) is 10.1 Å². The lowest BCUT2D eigenvalue weighted by molar-refractivity contribution is -0.384. The Morgan fingerprint density at radius 1 is 0.594 bits per heavy atom. The van der Waals surface area contributed by atoms with Crippen LogP contribution in [0.4, 0.5) is 5.69 Å². The number of benzene rings is 4. The standard InChI is InChI=1S/C26H21NO5/c28-23-11-1-18(2-12-23)17-26(20-5-13-24(29)14-6-20,21-7-15-25(30)16-8-21)19-3-9-22(10-4-19)27(31)32/h1-16,28-30H,17H2. The fourth-order valence-electron chi connectivity index (χ4n) is 4.09. The minimum Gasteiger partial charge on any atom is -0.508 e. The van der Waals surface area contributed by atoms with Crippen molar-refractivity contribution in [2.75, 3.05) is 0 Å². The zero-order valence-electron chi connectivity index (χ0n) is 17.1. The molecule has 3 N–H and O–H groups in total. The van der Waals surface area contributed by atoms with E-state index in [1.165, 1.54) is 12.1 Å². The maximum Gasteiger partial charge on any atom is 0.269 e. The van der Waals surface area contributed by atoms with E-state index >= 15 is 0 Å². The Bertz CT molecular complexity index is 1170. The zero-order chi connectivity index (χ0) is 22.7. The lowest BCUT2D eigenvalue weighted by atomic mass is 9.66. The number of rotatable bonds is 6. The molecule has 0 saturated carbocycles. The highest BCUT2D eigenvalue weighted by Gasteiger charge is 2.37. The summed E-state index contributed by atoms with van der Waals surface area (Å²) in [5.74, 6) is 0.410. The molecule has 0 heterocycles. The van der Waals surface area contributed by atoms with Crippen LogP contribution in [0.2, 0.25) is 0 Å². The lowest BCUT2D eigenvalue weighted by Crippen LogP contribution is -2.32. The van der Waals surface area contributed by atoms with E-state index in [1.54, 1.807) is 48.5 Å². The molecule has 0 unspecified atom stereocenters. The highest BCUT2D eigenvalue weighted by Crippen LogP contribution is 2.43. The molecule has 4 aromatic rings. The molecule has 160 valence electrons. The molecule has 0 amide bonds. The van der Waals surface area contributed by atoms with E-state index in [2.05, 4.69) is 0 Å². The van der Waals surface area contributed by atoms with E-state index in [9.17, 15) is 25.4 Å². The summed E-state index contributed by atoms with van der Waals surface area (Å²) in [6.07, 6.45) is 0.473. The molecule has 0 aliphatic carbocycles. The molecule has 32 heavy (non-hydrogen) atoms. The van der Waals surface area contributed by atoms with Crippen molar-refractivity contribution in [1.82, 2.24) is 0 Å². The van der Waals surface area contributed by atoms with Gasteiger partial charge in [0.1, 0.15) is 17.2 Å². The molecule has 6 nitrogen and oxygen atoms in total. The Hall–Kier alpha value is -4.32. The van der Waals surface area contributed by atoms with Crippen LogP contribution in [0.3, 0.4) is 0 Å². The van der Waals surface area contributed by atoms with Crippen molar-refractivity contribution in [1.29, 1.82) is 0 Å². The van der Waals surface area contributed by atoms with E-state index in [-0.39, 0.29) is 22.9 Å². The van der Waals surface area contributed by atoms with Crippen molar-refractivity contribution in [3.05, 3.63) is 129 Å². The smallest absolute Gasteiger partial charge is 0.269 e. The Morgan fingerprint density at radius 2 is 0.938 bits per heavy atom. The van der Waals surface area contributed by atoms with Gasteiger partial charge in [0.2, 0.25) is 0 Å². The maximum atomic E-state index is 11.2. The first-order valence-electron chi connectivity index (χ1n) is 10.0. The molecule has 0 radical (unpaired) electrons. The van der Waals surface area contributed by atoms with Crippen LogP contribution in [0, 0.1) is 10.1 Å². The number of phenols is 3. The minimum absolute atomic E-state index is 0.0105. The van der Waals surface area contributed by atoms with Crippen LogP contribution in [-0.2, 0) is 11.8 Å². The molecular formula is C26H21NO5. The van der Waals surface area contributed by atoms with E-state index in [4.69, 9.17) is 0 Å². The normalized spacial score (nSPS) is 11.2. The van der Waals surface area contributed by atoms with Gasteiger partial charge >= 0.3 is 0 Å². The number of nitro groups is 1. The van der Waals surface area contributed by atoms with Crippen LogP contribution in [0.1, 0.15) is 22.3 Å². The number of hydrogen-bond acceptors (Lipinski definition) is 5. The highest BCUT2D eigenvalue weighted by atomic mass is 16.6. The van der Waals surface area contributed by atoms with E-state index < -0.39 is 10.3 Å². The van der Waals surface area contributed by atoms with Crippen molar-refractivity contribution in [3.63, 3.8) is 0 Å². The highest BCUT2D eigenvalue weighted by molar-refractivity contribution is 5.55. The van der Waals surface area contributed by atoms with Gasteiger partial charge in [0.15, 0.2) is 0 Å². The molecule has 0 spiro atoms. The number of phenolic OH excluding ortho intramolecular Hbond substituents is 3. The van der Waals surface area contributed by atoms with Crippen molar-refractivity contribution >= 4 is 5.69 Å². The van der Waals surface area contributed by atoms with Gasteiger partial charge in [-0.15, -0.1) is 0 Å². The van der Waals surface area contributed by atoms with E-state index in [1.807, 2.05) is 36.4 Å². The summed E-state index contributed by atoms with van der Waals surface area (Å²) in [4.78, 5) is 10.8. The van der Waals surface area contributed by atoms with E-state index in [0.717, 1.165) is 22.3 Å². The molecule has 0 aliphatic heterocycles. The molecule has 4 rings (SSSR count). The fourth-order valence-corrected chi connectivity index (χ4v) is 4.09. The molecule has 0 atom stereocenters. The second kappa shape index (κ2) is 8.43. The third kappa shape index (κ3) is 3.98. The Labute approximate surface area is 184 Å². The number of nitrogens with zero attached hydrogens (tertiary/aromatic N) is 1. The predicted octanol–water partition coefficient (Wildman–Crippen LogP) is 5.29. The molecular weight excluding hydrogens is 406 g/mol. The predicted molar refractivity (Wildman–Crippen MR) is 121 cm³/mol. The number of aromatic hydroxyl groups is 3. The van der Waals surface area contributed by atoms with E-state index in [0.29, 0.717) is 6.42 Å². The van der Waals surface area contributed by atoms with Gasteiger partial charge in [0.25, 0.3) is 5.69 Å². The zero-order valence-corrected chi connectivity index (χ0v) is 17.1. The summed E-state index contributed by atoms with van der Waals surface area (Å²) in [5, 5.41) is 40.7. The average Bonchev–Trinajstić information content (AvgIpc) is 2.80. The largest absolute Gasteiger partial charge is 0.508 e. The lowest BCUT2D eigenvalue weighted by Gasteiger charge is -2.36. The molecule has 0 bridgehead atoms. The molecule has 0 aromatic heterocycles. The van der Waals surface area contributed by atoms with Crippen LogP contribution < -0.4 is 0 Å². The first-order chi connectivity index (χ1) is 15.4. The Kier molecular flexibility index (Phi) is 5.52. The Balaban J connectivity index is 2.00. The third-order valence-electron chi connectivity index (χ3n) is 5.70. The first-order valence-corrected chi connectivity index (χ1v) is 10.0. The fraction of sp³-hybridized carbons (Fsp3) is 0.0769. The summed E-state index contributed by atoms with van der Waals surface area (Å²) in [5.41, 5.74) is 2.68. The van der Waals surface area contributed by atoms with Gasteiger partial charge in [-0.2, -0.15) is 0 Å². The van der Waals surface area contributed by atoms with Gasteiger partial charge in [-0.1, -0.05) is 48.5 Å². The van der Waals surface area contributed by atoms with Crippen LogP contribution in [-0.4, -0.2) is 20.2 Å². The van der Waals surface area contributed by atoms with Crippen molar-refractivity contribution in [2.45, 2.75) is 11.8 Å². The topological polar surface area (TPSA) is 104 Å². The molecule has 4 aromatic carbocycles. The minimum atomic E-state index is -0.784. The third-order valence-corrected chi connectivity index (χ3v) is 5.70. The summed E-state index contributed by atoms with van der Waals surface area (Å²) >= 11 is 0. The monoisotopic (exact) mass is 427 g/mol. The number of non-ortho nitro benzene ring substituents is 1. The molecule has 0 aliphatic rings. The summed E-state index contributed by atoms with van der Waals surface area (Å²) in [7, 11) is 0. The molecule has 0 saturated heterocycles. The van der Waals surface area contributed by atoms with Crippen molar-refractivity contribution in [2.24, 2.45) is 0 Å². The maximum absolute atomic E-state index is 11.2. The SMILES string of the molecule is O=[N+]([O-])c1ccc(C(Cc2ccc(O)cc2)(c2ccc(O)cc2)c2ccc(O)cc2)cc1. The second-order valence-electron chi connectivity index (χ2n) is 7.65. The van der Waals surface area contributed by atoms with Crippen molar-refractivity contribution in [3.8, 4) is 17.2 Å². The molecule has 6 heteroatoms. The van der Waals surface area contributed by atoms with Crippen LogP contribution in [0.15, 0.2) is 97.1 Å². The number of nitro benzene ring substituents is 1. The second-order valence-corrected chi connectivity index (χ2v) is 7.65. The first kappa shape index (κ1) is 20.9. The van der Waals surface area contributed by atoms with Gasteiger partial charge < -0.3 is 15.3 Å². The average molecular weight is 427 g/mol. The van der Waals surface area contributed by atoms with Crippen LogP contribution in [0.5, 0.6) is 17.2 Å². The van der Waals surface area contributed by atoms with Crippen LogP contribution in [0.25, 0.3) is 0 Å². The number of hydrogen-bond donors (Lipinski definition) is 3. The summed E-state index contributed by atoms with van der Waals surface area (Å²) in [6.45, 7) is 0. The molecule has 0 fully saturated rings. The summed E-state index contributed by atoms with van der Waals surface area (Å²) < 4.78 is 0. The van der Waals surface area contributed by atoms with Gasteiger partial charge in [0, 0.05) is 17.5 Å².